The number of carbonyl (C=O) groups is 1. The van der Waals surface area contributed by atoms with E-state index in [9.17, 15) is 4.79 Å². The van der Waals surface area contributed by atoms with E-state index in [1.807, 2.05) is 30.3 Å². The summed E-state index contributed by atoms with van der Waals surface area (Å²) in [5.74, 6) is 0.382. The lowest BCUT2D eigenvalue weighted by atomic mass is 10.2. The first-order chi connectivity index (χ1) is 10.6. The number of nitrogens with two attached hydrogens (primary N) is 1. The first kappa shape index (κ1) is 15.9. The summed E-state index contributed by atoms with van der Waals surface area (Å²) in [6.07, 6.45) is 4.48. The van der Waals surface area contributed by atoms with Crippen LogP contribution < -0.4 is 11.1 Å². The Bertz CT molecular complexity index is 660. The van der Waals surface area contributed by atoms with E-state index < -0.39 is 6.09 Å². The zero-order chi connectivity index (χ0) is 15.8. The molecule has 0 unspecified atom stereocenters. The Labute approximate surface area is 133 Å². The van der Waals surface area contributed by atoms with Crippen molar-refractivity contribution in [1.29, 1.82) is 0 Å². The monoisotopic (exact) mass is 317 g/mol. The molecule has 3 N–H and O–H groups in total. The number of anilines is 1. The lowest BCUT2D eigenvalue weighted by Gasteiger charge is -2.05. The quantitative estimate of drug-likeness (QED) is 0.887. The van der Waals surface area contributed by atoms with Crippen molar-refractivity contribution in [2.24, 2.45) is 0 Å². The van der Waals surface area contributed by atoms with E-state index in [4.69, 9.17) is 22.1 Å². The first-order valence-corrected chi connectivity index (χ1v) is 7.05. The number of halogens is 1. The molecule has 114 valence electrons. The fraction of sp³-hybridized carbons (Fsp3) is 0.125. The zero-order valence-corrected chi connectivity index (χ0v) is 12.6. The number of pyridine rings is 1. The van der Waals surface area contributed by atoms with Crippen LogP contribution in [-0.4, -0.2) is 17.6 Å². The number of ether oxygens (including phenoxy) is 1. The van der Waals surface area contributed by atoms with E-state index in [2.05, 4.69) is 10.3 Å². The highest BCUT2D eigenvalue weighted by Gasteiger charge is 2.01. The number of benzene rings is 1. The van der Waals surface area contributed by atoms with Crippen molar-refractivity contribution < 1.29 is 9.53 Å². The second-order valence-electron chi connectivity index (χ2n) is 4.47. The van der Waals surface area contributed by atoms with E-state index in [-0.39, 0.29) is 6.61 Å². The maximum atomic E-state index is 11.5. The van der Waals surface area contributed by atoms with Crippen molar-refractivity contribution in [1.82, 2.24) is 10.3 Å². The van der Waals surface area contributed by atoms with Crippen LogP contribution in [0, 0.1) is 0 Å². The van der Waals surface area contributed by atoms with Gasteiger partial charge < -0.3 is 15.8 Å². The van der Waals surface area contributed by atoms with Crippen molar-refractivity contribution in [3.8, 4) is 0 Å². The molecule has 0 fully saturated rings. The van der Waals surface area contributed by atoms with Gasteiger partial charge in [-0.25, -0.2) is 9.78 Å². The number of alkyl carbamates (subject to hydrolysis) is 1. The highest BCUT2D eigenvalue weighted by molar-refractivity contribution is 6.30. The predicted octanol–water partition coefficient (Wildman–Crippen LogP) is 3.26. The Hall–Kier alpha value is -2.53. The number of rotatable bonds is 5. The molecule has 2 rings (SSSR count). The summed E-state index contributed by atoms with van der Waals surface area (Å²) in [5.41, 5.74) is 7.35. The molecule has 0 atom stereocenters. The highest BCUT2D eigenvalue weighted by atomic mass is 35.5. The highest BCUT2D eigenvalue weighted by Crippen LogP contribution is 2.15. The molecule has 1 heterocycles. The molecular weight excluding hydrogens is 302 g/mol. The average molecular weight is 318 g/mol. The Morgan fingerprint density at radius 3 is 2.91 bits per heavy atom. The van der Waals surface area contributed by atoms with Gasteiger partial charge in [0.15, 0.2) is 0 Å². The third kappa shape index (κ3) is 5.10. The van der Waals surface area contributed by atoms with Crippen LogP contribution in [-0.2, 0) is 11.3 Å². The van der Waals surface area contributed by atoms with E-state index >= 15 is 0 Å². The lowest BCUT2D eigenvalue weighted by molar-refractivity contribution is 0.141. The predicted molar refractivity (Wildman–Crippen MR) is 87.3 cm³/mol. The number of hydrogen-bond acceptors (Lipinski definition) is 4. The summed E-state index contributed by atoms with van der Waals surface area (Å²) < 4.78 is 5.08. The van der Waals surface area contributed by atoms with Gasteiger partial charge in [-0.2, -0.15) is 0 Å². The number of nitrogens with zero attached hydrogens (tertiary/aromatic N) is 1. The minimum Gasteiger partial charge on any atom is -0.445 e. The van der Waals surface area contributed by atoms with E-state index in [0.717, 1.165) is 5.56 Å². The Kier molecular flexibility index (Phi) is 5.80. The molecule has 0 aliphatic carbocycles. The van der Waals surface area contributed by atoms with Gasteiger partial charge in [0.2, 0.25) is 0 Å². The van der Waals surface area contributed by atoms with Gasteiger partial charge in [-0.3, -0.25) is 0 Å². The molecule has 1 amide bonds. The fourth-order valence-corrected chi connectivity index (χ4v) is 1.87. The molecule has 5 nitrogen and oxygen atoms in total. The van der Waals surface area contributed by atoms with E-state index in [1.54, 1.807) is 18.2 Å². The Morgan fingerprint density at radius 1 is 1.36 bits per heavy atom. The second kappa shape index (κ2) is 8.05. The van der Waals surface area contributed by atoms with E-state index in [0.29, 0.717) is 22.9 Å². The number of nitrogens with one attached hydrogen (secondary N) is 1. The zero-order valence-electron chi connectivity index (χ0n) is 11.8. The Morgan fingerprint density at radius 2 is 2.14 bits per heavy atom. The molecule has 6 heteroatoms. The molecule has 0 aliphatic heterocycles. The van der Waals surface area contributed by atoms with Crippen LogP contribution in [0.2, 0.25) is 5.02 Å². The molecule has 1 aromatic heterocycles. The summed E-state index contributed by atoms with van der Waals surface area (Å²) >= 11 is 5.84. The summed E-state index contributed by atoms with van der Waals surface area (Å²) in [5, 5.41) is 3.12. The van der Waals surface area contributed by atoms with Crippen molar-refractivity contribution in [3.05, 3.63) is 64.8 Å². The minimum absolute atomic E-state index is 0.238. The maximum Gasteiger partial charge on any atom is 0.407 e. The minimum atomic E-state index is -0.481. The molecule has 0 bridgehead atoms. The summed E-state index contributed by atoms with van der Waals surface area (Å²) in [6, 6.07) is 11.2. The number of hydrogen-bond donors (Lipinski definition) is 2. The van der Waals surface area contributed by atoms with Crippen LogP contribution in [0.5, 0.6) is 0 Å². The average Bonchev–Trinajstić information content (AvgIpc) is 2.53. The van der Waals surface area contributed by atoms with Crippen molar-refractivity contribution in [3.63, 3.8) is 0 Å². The standard InChI is InChI=1S/C16H16ClN3O2/c17-14-9-13(15(18)20-10-14)7-4-8-19-16(21)22-11-12-5-2-1-3-6-12/h1-7,9-10H,8,11H2,(H2,18,20)(H,19,21). The van der Waals surface area contributed by atoms with Crippen LogP contribution in [0.3, 0.4) is 0 Å². The van der Waals surface area contributed by atoms with Crippen molar-refractivity contribution in [2.75, 3.05) is 12.3 Å². The molecule has 0 saturated heterocycles. The van der Waals surface area contributed by atoms with Gasteiger partial charge in [-0.1, -0.05) is 54.1 Å². The molecule has 0 spiro atoms. The van der Waals surface area contributed by atoms with Crippen LogP contribution in [0.1, 0.15) is 11.1 Å². The van der Waals surface area contributed by atoms with Crippen molar-refractivity contribution >= 4 is 29.6 Å². The van der Waals surface area contributed by atoms with Gasteiger partial charge in [-0.05, 0) is 11.6 Å². The Balaban J connectivity index is 1.75. The third-order valence-electron chi connectivity index (χ3n) is 2.79. The largest absolute Gasteiger partial charge is 0.445 e. The fourth-order valence-electron chi connectivity index (χ4n) is 1.70. The van der Waals surface area contributed by atoms with Gasteiger partial charge in [0.25, 0.3) is 0 Å². The van der Waals surface area contributed by atoms with Crippen molar-refractivity contribution in [2.45, 2.75) is 6.61 Å². The first-order valence-electron chi connectivity index (χ1n) is 6.67. The number of amides is 1. The number of carbonyl (C=O) groups excluding carboxylic acids is 1. The maximum absolute atomic E-state index is 11.5. The molecule has 22 heavy (non-hydrogen) atoms. The SMILES string of the molecule is Nc1ncc(Cl)cc1C=CCNC(=O)OCc1ccccc1. The number of aromatic nitrogens is 1. The molecule has 0 aliphatic rings. The van der Waals surface area contributed by atoms with Crippen LogP contribution in [0.25, 0.3) is 6.08 Å². The van der Waals surface area contributed by atoms with Gasteiger partial charge in [0.05, 0.1) is 5.02 Å². The van der Waals surface area contributed by atoms with Gasteiger partial charge in [0.1, 0.15) is 12.4 Å². The molecule has 0 radical (unpaired) electrons. The van der Waals surface area contributed by atoms with Crippen LogP contribution in [0.4, 0.5) is 10.6 Å². The summed E-state index contributed by atoms with van der Waals surface area (Å²) in [4.78, 5) is 15.5. The normalized spacial score (nSPS) is 10.6. The van der Waals surface area contributed by atoms with Crippen LogP contribution in [0.15, 0.2) is 48.7 Å². The molecule has 0 saturated carbocycles. The second-order valence-corrected chi connectivity index (χ2v) is 4.91. The topological polar surface area (TPSA) is 77.2 Å². The smallest absolute Gasteiger partial charge is 0.407 e. The number of nitrogen functional groups attached to an aromatic ring is 1. The molecular formula is C16H16ClN3O2. The van der Waals surface area contributed by atoms with Gasteiger partial charge in [-0.15, -0.1) is 0 Å². The summed E-state index contributed by atoms with van der Waals surface area (Å²) in [7, 11) is 0. The molecule has 2 aromatic rings. The molecule has 1 aromatic carbocycles. The van der Waals surface area contributed by atoms with Gasteiger partial charge in [0, 0.05) is 18.3 Å². The van der Waals surface area contributed by atoms with Gasteiger partial charge >= 0.3 is 6.09 Å². The summed E-state index contributed by atoms with van der Waals surface area (Å²) in [6.45, 7) is 0.557. The van der Waals surface area contributed by atoms with E-state index in [1.165, 1.54) is 6.20 Å². The van der Waals surface area contributed by atoms with Crippen LogP contribution >= 0.6 is 11.6 Å². The third-order valence-corrected chi connectivity index (χ3v) is 3.00. The lowest BCUT2D eigenvalue weighted by Crippen LogP contribution is -2.24.